The van der Waals surface area contributed by atoms with Gasteiger partial charge in [-0.3, -0.25) is 14.9 Å². The van der Waals surface area contributed by atoms with Crippen molar-refractivity contribution in [2.45, 2.75) is 20.8 Å². The SMILES string of the molecule is C=O.C=O.CC.Cc1cc(C(N)=O)cc([N+](=O)[O-])c1. The molecule has 2 N–H and O–H groups in total. The van der Waals surface area contributed by atoms with Crippen molar-refractivity contribution in [1.82, 2.24) is 0 Å². The highest BCUT2D eigenvalue weighted by molar-refractivity contribution is 5.93. The zero-order chi connectivity index (χ0) is 16.0. The molecule has 0 fully saturated rings. The zero-order valence-corrected chi connectivity index (χ0v) is 11.2. The lowest BCUT2D eigenvalue weighted by Crippen LogP contribution is -2.11. The van der Waals surface area contributed by atoms with Gasteiger partial charge in [-0.05, 0) is 18.6 Å². The average molecular weight is 270 g/mol. The van der Waals surface area contributed by atoms with Crippen LogP contribution in [0.25, 0.3) is 0 Å². The first kappa shape index (κ1) is 21.7. The molecular weight excluding hydrogens is 252 g/mol. The molecule has 0 bridgehead atoms. The van der Waals surface area contributed by atoms with Crippen LogP contribution in [-0.4, -0.2) is 24.4 Å². The molecule has 0 aromatic heterocycles. The van der Waals surface area contributed by atoms with E-state index in [4.69, 9.17) is 15.3 Å². The highest BCUT2D eigenvalue weighted by atomic mass is 16.6. The number of nitrogens with zero attached hydrogens (tertiary/aromatic N) is 1. The van der Waals surface area contributed by atoms with E-state index in [-0.39, 0.29) is 11.3 Å². The fraction of sp³-hybridized carbons (Fsp3) is 0.250. The van der Waals surface area contributed by atoms with Gasteiger partial charge >= 0.3 is 0 Å². The van der Waals surface area contributed by atoms with Crippen LogP contribution in [0.1, 0.15) is 29.8 Å². The van der Waals surface area contributed by atoms with E-state index in [9.17, 15) is 14.9 Å². The smallest absolute Gasteiger partial charge is 0.270 e. The van der Waals surface area contributed by atoms with E-state index >= 15 is 0 Å². The van der Waals surface area contributed by atoms with Gasteiger partial charge in [-0.25, -0.2) is 0 Å². The lowest BCUT2D eigenvalue weighted by atomic mass is 10.1. The summed E-state index contributed by atoms with van der Waals surface area (Å²) in [5.41, 5.74) is 5.67. The van der Waals surface area contributed by atoms with Crippen molar-refractivity contribution in [3.8, 4) is 0 Å². The number of nitro benzene ring substituents is 1. The molecule has 106 valence electrons. The number of benzene rings is 1. The summed E-state index contributed by atoms with van der Waals surface area (Å²) in [4.78, 5) is 36.6. The summed E-state index contributed by atoms with van der Waals surface area (Å²) in [5, 5.41) is 10.4. The zero-order valence-electron chi connectivity index (χ0n) is 11.2. The Morgan fingerprint density at radius 2 is 1.58 bits per heavy atom. The molecular formula is C12H18N2O5. The van der Waals surface area contributed by atoms with Crippen molar-refractivity contribution >= 4 is 25.2 Å². The summed E-state index contributed by atoms with van der Waals surface area (Å²) in [6.45, 7) is 9.67. The number of amides is 1. The van der Waals surface area contributed by atoms with E-state index in [2.05, 4.69) is 0 Å². The minimum absolute atomic E-state index is 0.117. The number of carbonyl (C=O) groups excluding carboxylic acids is 3. The lowest BCUT2D eigenvalue weighted by molar-refractivity contribution is -0.384. The third-order valence-electron chi connectivity index (χ3n) is 1.56. The summed E-state index contributed by atoms with van der Waals surface area (Å²) < 4.78 is 0. The van der Waals surface area contributed by atoms with Crippen LogP contribution in [0, 0.1) is 17.0 Å². The summed E-state index contributed by atoms with van der Waals surface area (Å²) in [6.07, 6.45) is 0. The van der Waals surface area contributed by atoms with Gasteiger partial charge in [0.25, 0.3) is 5.69 Å². The number of non-ortho nitro benzene ring substituents is 1. The van der Waals surface area contributed by atoms with Gasteiger partial charge in [-0.15, -0.1) is 0 Å². The molecule has 0 aliphatic carbocycles. The molecule has 0 saturated heterocycles. The predicted octanol–water partition coefficient (Wildman–Crippen LogP) is 1.66. The molecule has 0 atom stereocenters. The van der Waals surface area contributed by atoms with Gasteiger partial charge in [0.2, 0.25) is 5.91 Å². The first-order chi connectivity index (χ1) is 9.00. The summed E-state index contributed by atoms with van der Waals surface area (Å²) in [5.74, 6) is -0.660. The van der Waals surface area contributed by atoms with Gasteiger partial charge in [-0.2, -0.15) is 0 Å². The quantitative estimate of drug-likeness (QED) is 0.647. The maximum Gasteiger partial charge on any atom is 0.270 e. The standard InChI is InChI=1S/C8H8N2O3.C2H6.2CH2O/c1-5-2-6(8(9)11)4-7(3-5)10(12)13;3*1-2/h2-4H,1H3,(H2,9,11);1-2H3;2*1H2. The Kier molecular flexibility index (Phi) is 15.4. The number of rotatable bonds is 2. The molecule has 0 radical (unpaired) electrons. The van der Waals surface area contributed by atoms with Crippen LogP contribution in [0.4, 0.5) is 5.69 Å². The Bertz CT molecular complexity index is 373. The fourth-order valence-electron chi connectivity index (χ4n) is 1.01. The number of nitrogens with two attached hydrogens (primary N) is 1. The molecule has 0 aliphatic heterocycles. The van der Waals surface area contributed by atoms with E-state index < -0.39 is 10.8 Å². The monoisotopic (exact) mass is 270 g/mol. The topological polar surface area (TPSA) is 120 Å². The molecule has 19 heavy (non-hydrogen) atoms. The second-order valence-corrected chi connectivity index (χ2v) is 2.68. The molecule has 1 aromatic carbocycles. The molecule has 1 rings (SSSR count). The van der Waals surface area contributed by atoms with Crippen molar-refractivity contribution in [3.63, 3.8) is 0 Å². The Labute approximate surface area is 111 Å². The van der Waals surface area contributed by atoms with Crippen molar-refractivity contribution in [3.05, 3.63) is 39.4 Å². The van der Waals surface area contributed by atoms with Crippen molar-refractivity contribution in [2.75, 3.05) is 0 Å². The Morgan fingerprint density at radius 1 is 1.16 bits per heavy atom. The minimum atomic E-state index is -0.660. The van der Waals surface area contributed by atoms with Gasteiger partial charge in [0.05, 0.1) is 4.92 Å². The van der Waals surface area contributed by atoms with Crippen LogP contribution in [0.3, 0.4) is 0 Å². The number of nitro groups is 1. The van der Waals surface area contributed by atoms with Crippen molar-refractivity contribution < 1.29 is 19.3 Å². The average Bonchev–Trinajstić information content (AvgIpc) is 2.44. The van der Waals surface area contributed by atoms with Crippen molar-refractivity contribution in [2.24, 2.45) is 5.73 Å². The second-order valence-electron chi connectivity index (χ2n) is 2.68. The minimum Gasteiger partial charge on any atom is -0.366 e. The largest absolute Gasteiger partial charge is 0.366 e. The van der Waals surface area contributed by atoms with Crippen LogP contribution in [0.5, 0.6) is 0 Å². The number of carbonyl (C=O) groups is 3. The number of primary amides is 1. The maximum atomic E-state index is 10.7. The molecule has 0 saturated carbocycles. The van der Waals surface area contributed by atoms with Crippen LogP contribution in [-0.2, 0) is 9.59 Å². The predicted molar refractivity (Wildman–Crippen MR) is 71.9 cm³/mol. The van der Waals surface area contributed by atoms with Crippen LogP contribution in [0.15, 0.2) is 18.2 Å². The van der Waals surface area contributed by atoms with Gasteiger partial charge in [0.15, 0.2) is 0 Å². The van der Waals surface area contributed by atoms with E-state index in [1.54, 1.807) is 6.92 Å². The number of aryl methyl sites for hydroxylation is 1. The first-order valence-corrected chi connectivity index (χ1v) is 5.14. The Balaban J connectivity index is -0.000000375. The third kappa shape index (κ3) is 9.16. The van der Waals surface area contributed by atoms with E-state index in [1.807, 2.05) is 27.4 Å². The highest BCUT2D eigenvalue weighted by Crippen LogP contribution is 2.15. The molecule has 7 nitrogen and oxygen atoms in total. The lowest BCUT2D eigenvalue weighted by Gasteiger charge is -1.97. The normalized spacial score (nSPS) is 7.32. The molecule has 1 amide bonds. The molecule has 0 aliphatic rings. The second kappa shape index (κ2) is 13.5. The molecule has 7 heteroatoms. The molecule has 1 aromatic rings. The van der Waals surface area contributed by atoms with Gasteiger partial charge in [-0.1, -0.05) is 13.8 Å². The third-order valence-corrected chi connectivity index (χ3v) is 1.56. The van der Waals surface area contributed by atoms with Gasteiger partial charge in [0.1, 0.15) is 13.6 Å². The first-order valence-electron chi connectivity index (χ1n) is 5.14. The maximum absolute atomic E-state index is 10.7. The Morgan fingerprint density at radius 3 is 1.89 bits per heavy atom. The van der Waals surface area contributed by atoms with E-state index in [1.165, 1.54) is 12.1 Å². The van der Waals surface area contributed by atoms with E-state index in [0.29, 0.717) is 5.56 Å². The van der Waals surface area contributed by atoms with Gasteiger partial charge < -0.3 is 15.3 Å². The number of hydrogen-bond donors (Lipinski definition) is 1. The number of hydrogen-bond acceptors (Lipinski definition) is 5. The van der Waals surface area contributed by atoms with Crippen LogP contribution in [0.2, 0.25) is 0 Å². The molecule has 0 unspecified atom stereocenters. The van der Waals surface area contributed by atoms with Gasteiger partial charge in [0, 0.05) is 17.7 Å². The molecule has 0 heterocycles. The highest BCUT2D eigenvalue weighted by Gasteiger charge is 2.10. The fourth-order valence-corrected chi connectivity index (χ4v) is 1.01. The van der Waals surface area contributed by atoms with Crippen molar-refractivity contribution in [1.29, 1.82) is 0 Å². The summed E-state index contributed by atoms with van der Waals surface area (Å²) >= 11 is 0. The molecule has 0 spiro atoms. The summed E-state index contributed by atoms with van der Waals surface area (Å²) in [7, 11) is 0. The summed E-state index contributed by atoms with van der Waals surface area (Å²) in [6, 6.07) is 4.05. The van der Waals surface area contributed by atoms with Crippen LogP contribution < -0.4 is 5.73 Å². The van der Waals surface area contributed by atoms with Crippen LogP contribution >= 0.6 is 0 Å². The van der Waals surface area contributed by atoms with E-state index in [0.717, 1.165) is 6.07 Å². The Hall–Kier alpha value is -2.57.